The Kier molecular flexibility index (Phi) is 4.29. The molecule has 1 aromatic carbocycles. The number of nitrogens with one attached hydrogen (secondary N) is 1. The number of rotatable bonds is 1. The molecule has 0 aromatic heterocycles. The first-order valence-corrected chi connectivity index (χ1v) is 4.68. The molecule has 15 heavy (non-hydrogen) atoms. The maximum absolute atomic E-state index is 13.3. The summed E-state index contributed by atoms with van der Waals surface area (Å²) in [6.07, 6.45) is 0. The minimum absolute atomic E-state index is 0. The van der Waals surface area contributed by atoms with Gasteiger partial charge in [0.1, 0.15) is 11.6 Å². The predicted molar refractivity (Wildman–Crippen MR) is 58.7 cm³/mol. The minimum Gasteiger partial charge on any atom is -0.367 e. The van der Waals surface area contributed by atoms with Gasteiger partial charge in [-0.25, -0.2) is 8.78 Å². The Hall–Kier alpha value is -0.870. The number of benzene rings is 1. The van der Waals surface area contributed by atoms with Gasteiger partial charge in [-0.05, 0) is 12.1 Å². The van der Waals surface area contributed by atoms with Crippen molar-refractivity contribution in [1.82, 2.24) is 5.32 Å². The van der Waals surface area contributed by atoms with E-state index in [1.807, 2.05) is 4.90 Å². The largest absolute Gasteiger partial charge is 0.367 e. The lowest BCUT2D eigenvalue weighted by molar-refractivity contribution is 0.558. The van der Waals surface area contributed by atoms with Crippen LogP contribution in [0, 0.1) is 11.6 Å². The van der Waals surface area contributed by atoms with E-state index in [-0.39, 0.29) is 24.0 Å². The van der Waals surface area contributed by atoms with E-state index in [2.05, 4.69) is 5.32 Å². The van der Waals surface area contributed by atoms with Crippen LogP contribution >= 0.6 is 12.4 Å². The van der Waals surface area contributed by atoms with Gasteiger partial charge in [-0.15, -0.1) is 12.4 Å². The van der Waals surface area contributed by atoms with E-state index in [1.54, 1.807) is 0 Å². The van der Waals surface area contributed by atoms with Gasteiger partial charge in [-0.3, -0.25) is 0 Å². The highest BCUT2D eigenvalue weighted by molar-refractivity contribution is 5.85. The van der Waals surface area contributed by atoms with Gasteiger partial charge in [0.15, 0.2) is 0 Å². The molecule has 5 heteroatoms. The second kappa shape index (κ2) is 5.28. The molecule has 1 N–H and O–H groups in total. The summed E-state index contributed by atoms with van der Waals surface area (Å²) < 4.78 is 26.2. The molecule has 0 saturated carbocycles. The lowest BCUT2D eigenvalue weighted by Crippen LogP contribution is -2.43. The monoisotopic (exact) mass is 234 g/mol. The first-order chi connectivity index (χ1) is 6.77. The number of anilines is 1. The maximum atomic E-state index is 13.3. The summed E-state index contributed by atoms with van der Waals surface area (Å²) in [5, 5.41) is 3.16. The van der Waals surface area contributed by atoms with Crippen molar-refractivity contribution in [2.45, 2.75) is 0 Å². The molecule has 0 unspecified atom stereocenters. The van der Waals surface area contributed by atoms with Crippen molar-refractivity contribution < 1.29 is 8.78 Å². The first-order valence-electron chi connectivity index (χ1n) is 4.68. The van der Waals surface area contributed by atoms with Crippen molar-refractivity contribution in [3.8, 4) is 0 Å². The number of hydrogen-bond donors (Lipinski definition) is 1. The average Bonchev–Trinajstić information content (AvgIpc) is 2.23. The van der Waals surface area contributed by atoms with E-state index in [9.17, 15) is 8.78 Å². The minimum atomic E-state index is -0.389. The van der Waals surface area contributed by atoms with Gasteiger partial charge in [0.2, 0.25) is 0 Å². The third kappa shape index (κ3) is 2.79. The zero-order valence-corrected chi connectivity index (χ0v) is 8.99. The van der Waals surface area contributed by atoms with Gasteiger partial charge in [-0.2, -0.15) is 0 Å². The summed E-state index contributed by atoms with van der Waals surface area (Å²) in [5.41, 5.74) is 0.367. The van der Waals surface area contributed by atoms with E-state index >= 15 is 0 Å². The highest BCUT2D eigenvalue weighted by Gasteiger charge is 2.14. The van der Waals surface area contributed by atoms with Crippen LogP contribution in [0.25, 0.3) is 0 Å². The Balaban J connectivity index is 0.00000112. The summed E-state index contributed by atoms with van der Waals surface area (Å²) in [7, 11) is 0. The number of piperazine rings is 1. The smallest absolute Gasteiger partial charge is 0.146 e. The Morgan fingerprint density at radius 2 is 1.80 bits per heavy atom. The van der Waals surface area contributed by atoms with Gasteiger partial charge in [0, 0.05) is 32.2 Å². The molecule has 0 atom stereocenters. The van der Waals surface area contributed by atoms with Crippen molar-refractivity contribution in [1.29, 1.82) is 0 Å². The second-order valence-corrected chi connectivity index (χ2v) is 3.33. The van der Waals surface area contributed by atoms with Crippen LogP contribution in [0.2, 0.25) is 0 Å². The van der Waals surface area contributed by atoms with Gasteiger partial charge < -0.3 is 10.2 Å². The fraction of sp³-hybridized carbons (Fsp3) is 0.400. The molecule has 1 aliphatic heterocycles. The van der Waals surface area contributed by atoms with Gasteiger partial charge in [-0.1, -0.05) is 0 Å². The van der Waals surface area contributed by atoms with Crippen LogP contribution in [0.15, 0.2) is 18.2 Å². The molecule has 1 aliphatic rings. The molecule has 0 spiro atoms. The van der Waals surface area contributed by atoms with Gasteiger partial charge in [0.05, 0.1) is 5.69 Å². The topological polar surface area (TPSA) is 15.3 Å². The molecular formula is C10H13ClF2N2. The van der Waals surface area contributed by atoms with Crippen molar-refractivity contribution in [2.75, 3.05) is 31.1 Å². The van der Waals surface area contributed by atoms with Crippen molar-refractivity contribution in [2.24, 2.45) is 0 Å². The quantitative estimate of drug-likeness (QED) is 0.797. The van der Waals surface area contributed by atoms with Crippen molar-refractivity contribution in [3.05, 3.63) is 29.8 Å². The fourth-order valence-electron chi connectivity index (χ4n) is 1.63. The Labute approximate surface area is 93.7 Å². The van der Waals surface area contributed by atoms with E-state index < -0.39 is 0 Å². The number of halogens is 3. The maximum Gasteiger partial charge on any atom is 0.146 e. The van der Waals surface area contributed by atoms with Crippen LogP contribution in [0.5, 0.6) is 0 Å². The zero-order chi connectivity index (χ0) is 9.97. The molecule has 0 amide bonds. The molecule has 1 aromatic rings. The van der Waals surface area contributed by atoms with E-state index in [1.165, 1.54) is 12.1 Å². The van der Waals surface area contributed by atoms with Crippen LogP contribution in [-0.4, -0.2) is 26.2 Å². The third-order valence-electron chi connectivity index (χ3n) is 2.37. The van der Waals surface area contributed by atoms with Crippen LogP contribution in [-0.2, 0) is 0 Å². The van der Waals surface area contributed by atoms with Crippen LogP contribution in [0.4, 0.5) is 14.5 Å². The van der Waals surface area contributed by atoms with E-state index in [0.717, 1.165) is 32.2 Å². The van der Waals surface area contributed by atoms with Gasteiger partial charge in [0.25, 0.3) is 0 Å². The summed E-state index contributed by atoms with van der Waals surface area (Å²) >= 11 is 0. The second-order valence-electron chi connectivity index (χ2n) is 3.33. The lowest BCUT2D eigenvalue weighted by atomic mass is 10.2. The summed E-state index contributed by atoms with van der Waals surface area (Å²) in [5.74, 6) is -0.742. The Bertz CT molecular complexity index is 327. The van der Waals surface area contributed by atoms with Crippen molar-refractivity contribution >= 4 is 18.1 Å². The number of nitrogens with zero attached hydrogens (tertiary/aromatic N) is 1. The highest BCUT2D eigenvalue weighted by Crippen LogP contribution is 2.20. The molecular weight excluding hydrogens is 222 g/mol. The van der Waals surface area contributed by atoms with Gasteiger partial charge >= 0.3 is 0 Å². The zero-order valence-electron chi connectivity index (χ0n) is 8.17. The lowest BCUT2D eigenvalue weighted by Gasteiger charge is -2.29. The molecule has 0 radical (unpaired) electrons. The molecule has 2 rings (SSSR count). The van der Waals surface area contributed by atoms with Crippen LogP contribution in [0.1, 0.15) is 0 Å². The summed E-state index contributed by atoms with van der Waals surface area (Å²) in [6.45, 7) is 3.08. The van der Waals surface area contributed by atoms with Crippen LogP contribution in [0.3, 0.4) is 0 Å². The summed E-state index contributed by atoms with van der Waals surface area (Å²) in [4.78, 5) is 1.86. The van der Waals surface area contributed by atoms with Crippen molar-refractivity contribution in [3.63, 3.8) is 0 Å². The average molecular weight is 235 g/mol. The molecule has 2 nitrogen and oxygen atoms in total. The molecule has 1 heterocycles. The molecule has 1 saturated heterocycles. The first kappa shape index (κ1) is 12.2. The molecule has 0 bridgehead atoms. The van der Waals surface area contributed by atoms with E-state index in [4.69, 9.17) is 0 Å². The van der Waals surface area contributed by atoms with Crippen LogP contribution < -0.4 is 10.2 Å². The number of hydrogen-bond acceptors (Lipinski definition) is 2. The Morgan fingerprint density at radius 1 is 1.13 bits per heavy atom. The molecule has 1 fully saturated rings. The Morgan fingerprint density at radius 3 is 2.47 bits per heavy atom. The predicted octanol–water partition coefficient (Wildman–Crippen LogP) is 1.80. The molecule has 0 aliphatic carbocycles. The third-order valence-corrected chi connectivity index (χ3v) is 2.37. The normalized spacial score (nSPS) is 16.0. The standard InChI is InChI=1S/C10H12F2N2.ClH/c11-8-1-2-9(12)10(7-8)14-5-3-13-4-6-14;/h1-2,7,13H,3-6H2;1H. The fourth-order valence-corrected chi connectivity index (χ4v) is 1.63. The SMILES string of the molecule is Cl.Fc1ccc(F)c(N2CCNCC2)c1. The van der Waals surface area contributed by atoms with E-state index in [0.29, 0.717) is 5.69 Å². The molecule has 84 valence electrons. The highest BCUT2D eigenvalue weighted by atomic mass is 35.5. The summed E-state index contributed by atoms with van der Waals surface area (Å²) in [6, 6.07) is 3.56.